The maximum absolute atomic E-state index is 4.21. The molecular formula is C13H16N6. The summed E-state index contributed by atoms with van der Waals surface area (Å²) >= 11 is 0. The third kappa shape index (κ3) is 3.17. The van der Waals surface area contributed by atoms with E-state index in [1.54, 1.807) is 12.5 Å². The lowest BCUT2D eigenvalue weighted by Gasteiger charge is -2.28. The molecule has 2 aromatic rings. The van der Waals surface area contributed by atoms with Crippen molar-refractivity contribution in [3.05, 3.63) is 42.5 Å². The van der Waals surface area contributed by atoms with Gasteiger partial charge >= 0.3 is 0 Å². The molecule has 6 heteroatoms. The second-order valence-electron chi connectivity index (χ2n) is 4.50. The first-order chi connectivity index (χ1) is 9.40. The van der Waals surface area contributed by atoms with Crippen molar-refractivity contribution in [1.29, 1.82) is 0 Å². The lowest BCUT2D eigenvalue weighted by Crippen LogP contribution is -2.51. The summed E-state index contributed by atoms with van der Waals surface area (Å²) in [5.41, 5.74) is 1.12. The molecule has 0 saturated carbocycles. The second-order valence-corrected chi connectivity index (χ2v) is 4.50. The van der Waals surface area contributed by atoms with Crippen molar-refractivity contribution >= 4 is 11.6 Å². The highest BCUT2D eigenvalue weighted by atomic mass is 15.1. The van der Waals surface area contributed by atoms with Gasteiger partial charge in [-0.25, -0.2) is 9.97 Å². The molecule has 0 spiro atoms. The second kappa shape index (κ2) is 5.62. The molecule has 0 bridgehead atoms. The van der Waals surface area contributed by atoms with Crippen LogP contribution < -0.4 is 16.0 Å². The summed E-state index contributed by atoms with van der Waals surface area (Å²) in [5, 5.41) is 9.83. The Kier molecular flexibility index (Phi) is 3.51. The van der Waals surface area contributed by atoms with Crippen LogP contribution >= 0.6 is 0 Å². The Morgan fingerprint density at radius 2 is 2.16 bits per heavy atom. The quantitative estimate of drug-likeness (QED) is 0.737. The van der Waals surface area contributed by atoms with Crippen LogP contribution in [0.25, 0.3) is 0 Å². The van der Waals surface area contributed by atoms with Gasteiger partial charge in [-0.2, -0.15) is 0 Å². The molecule has 0 aliphatic carbocycles. The van der Waals surface area contributed by atoms with Gasteiger partial charge in [0.1, 0.15) is 18.0 Å². The highest BCUT2D eigenvalue weighted by Gasteiger charge is 2.16. The molecule has 0 radical (unpaired) electrons. The summed E-state index contributed by atoms with van der Waals surface area (Å²) in [6.45, 7) is 2.68. The number of nitrogens with zero attached hydrogens (tertiary/aromatic N) is 3. The van der Waals surface area contributed by atoms with Gasteiger partial charge in [0.15, 0.2) is 0 Å². The maximum Gasteiger partial charge on any atom is 0.131 e. The third-order valence-corrected chi connectivity index (χ3v) is 3.00. The van der Waals surface area contributed by atoms with E-state index in [0.717, 1.165) is 30.3 Å². The number of rotatable bonds is 5. The topological polar surface area (TPSA) is 74.8 Å². The van der Waals surface area contributed by atoms with Gasteiger partial charge in [0.05, 0.1) is 6.04 Å². The first kappa shape index (κ1) is 11.9. The van der Waals surface area contributed by atoms with Crippen molar-refractivity contribution in [2.75, 3.05) is 23.7 Å². The SMILES string of the molecule is c1cncc(CNc2cc(NC3CNC3)ncn2)c1. The Bertz CT molecular complexity index is 526. The van der Waals surface area contributed by atoms with Crippen LogP contribution in [0.4, 0.5) is 11.6 Å². The van der Waals surface area contributed by atoms with Crippen molar-refractivity contribution in [2.24, 2.45) is 0 Å². The number of hydrogen-bond acceptors (Lipinski definition) is 6. The summed E-state index contributed by atoms with van der Waals surface area (Å²) < 4.78 is 0. The van der Waals surface area contributed by atoms with Crippen LogP contribution in [0, 0.1) is 0 Å². The molecule has 19 heavy (non-hydrogen) atoms. The predicted molar refractivity (Wildman–Crippen MR) is 73.9 cm³/mol. The molecule has 98 valence electrons. The van der Waals surface area contributed by atoms with Crippen molar-refractivity contribution in [2.45, 2.75) is 12.6 Å². The fraction of sp³-hybridized carbons (Fsp3) is 0.308. The third-order valence-electron chi connectivity index (χ3n) is 3.00. The minimum atomic E-state index is 0.473. The van der Waals surface area contributed by atoms with E-state index in [1.807, 2.05) is 24.4 Å². The normalized spacial score (nSPS) is 14.7. The summed E-state index contributed by atoms with van der Waals surface area (Å²) in [4.78, 5) is 12.5. The molecule has 1 aliphatic heterocycles. The predicted octanol–water partition coefficient (Wildman–Crippen LogP) is 0.867. The number of nitrogens with one attached hydrogen (secondary N) is 3. The monoisotopic (exact) mass is 256 g/mol. The zero-order valence-electron chi connectivity index (χ0n) is 10.5. The van der Waals surface area contributed by atoms with Gasteiger partial charge in [0.25, 0.3) is 0 Å². The Morgan fingerprint density at radius 1 is 1.26 bits per heavy atom. The van der Waals surface area contributed by atoms with E-state index < -0.39 is 0 Å². The van der Waals surface area contributed by atoms with Gasteiger partial charge < -0.3 is 16.0 Å². The van der Waals surface area contributed by atoms with Gasteiger partial charge in [-0.05, 0) is 11.6 Å². The van der Waals surface area contributed by atoms with Crippen molar-refractivity contribution in [3.63, 3.8) is 0 Å². The molecule has 1 fully saturated rings. The van der Waals surface area contributed by atoms with E-state index in [1.165, 1.54) is 0 Å². The first-order valence-electron chi connectivity index (χ1n) is 6.32. The molecule has 0 atom stereocenters. The fourth-order valence-corrected chi connectivity index (χ4v) is 1.83. The Labute approximate surface area is 111 Å². The van der Waals surface area contributed by atoms with E-state index in [-0.39, 0.29) is 0 Å². The first-order valence-corrected chi connectivity index (χ1v) is 6.32. The molecule has 1 aliphatic rings. The zero-order chi connectivity index (χ0) is 12.9. The van der Waals surface area contributed by atoms with E-state index >= 15 is 0 Å². The number of aromatic nitrogens is 3. The van der Waals surface area contributed by atoms with Crippen LogP contribution in [0.3, 0.4) is 0 Å². The lowest BCUT2D eigenvalue weighted by atomic mass is 10.2. The molecule has 3 N–H and O–H groups in total. The largest absolute Gasteiger partial charge is 0.366 e. The summed E-state index contributed by atoms with van der Waals surface area (Å²) in [6, 6.07) is 6.35. The zero-order valence-corrected chi connectivity index (χ0v) is 10.5. The summed E-state index contributed by atoms with van der Waals surface area (Å²) in [7, 11) is 0. The van der Waals surface area contributed by atoms with E-state index in [0.29, 0.717) is 12.6 Å². The molecule has 6 nitrogen and oxygen atoms in total. The standard InChI is InChI=1S/C13H16N6/c1-2-10(5-14-3-1)6-16-12-4-13(18-9-17-12)19-11-7-15-8-11/h1-5,9,11,15H,6-8H2,(H2,16,17,18,19). The molecule has 0 unspecified atom stereocenters. The number of hydrogen-bond donors (Lipinski definition) is 3. The Morgan fingerprint density at radius 3 is 2.89 bits per heavy atom. The summed E-state index contributed by atoms with van der Waals surface area (Å²) in [5.74, 6) is 1.67. The van der Waals surface area contributed by atoms with Crippen LogP contribution in [-0.4, -0.2) is 34.1 Å². The average Bonchev–Trinajstić information content (AvgIpc) is 2.42. The van der Waals surface area contributed by atoms with E-state index in [2.05, 4.69) is 30.9 Å². The molecule has 3 heterocycles. The molecule has 2 aromatic heterocycles. The molecule has 0 aromatic carbocycles. The van der Waals surface area contributed by atoms with Crippen LogP contribution in [-0.2, 0) is 6.54 Å². The van der Waals surface area contributed by atoms with Crippen LogP contribution in [0.1, 0.15) is 5.56 Å². The smallest absolute Gasteiger partial charge is 0.131 e. The minimum Gasteiger partial charge on any atom is -0.366 e. The van der Waals surface area contributed by atoms with Gasteiger partial charge in [0.2, 0.25) is 0 Å². The van der Waals surface area contributed by atoms with Crippen molar-refractivity contribution in [3.8, 4) is 0 Å². The highest BCUT2D eigenvalue weighted by Crippen LogP contribution is 2.12. The Balaban J connectivity index is 1.59. The Hall–Kier alpha value is -2.21. The molecule has 0 amide bonds. The van der Waals surface area contributed by atoms with E-state index in [4.69, 9.17) is 0 Å². The van der Waals surface area contributed by atoms with Gasteiger partial charge in [0, 0.05) is 38.1 Å². The number of pyridine rings is 1. The van der Waals surface area contributed by atoms with Crippen molar-refractivity contribution in [1.82, 2.24) is 20.3 Å². The van der Waals surface area contributed by atoms with Crippen LogP contribution in [0.15, 0.2) is 36.9 Å². The molecule has 1 saturated heterocycles. The summed E-state index contributed by atoms with van der Waals surface area (Å²) in [6.07, 6.45) is 5.18. The van der Waals surface area contributed by atoms with Gasteiger partial charge in [-0.1, -0.05) is 6.07 Å². The van der Waals surface area contributed by atoms with Gasteiger partial charge in [-0.3, -0.25) is 4.98 Å². The van der Waals surface area contributed by atoms with Crippen LogP contribution in [0.5, 0.6) is 0 Å². The molecule has 3 rings (SSSR count). The van der Waals surface area contributed by atoms with Crippen LogP contribution in [0.2, 0.25) is 0 Å². The lowest BCUT2D eigenvalue weighted by molar-refractivity contribution is 0.471. The minimum absolute atomic E-state index is 0.473. The average molecular weight is 256 g/mol. The van der Waals surface area contributed by atoms with Gasteiger partial charge in [-0.15, -0.1) is 0 Å². The highest BCUT2D eigenvalue weighted by molar-refractivity contribution is 5.47. The van der Waals surface area contributed by atoms with Crippen molar-refractivity contribution < 1.29 is 0 Å². The maximum atomic E-state index is 4.21. The van der Waals surface area contributed by atoms with E-state index in [9.17, 15) is 0 Å². The molecular weight excluding hydrogens is 240 g/mol. The number of anilines is 2. The fourth-order valence-electron chi connectivity index (χ4n) is 1.83.